The van der Waals surface area contributed by atoms with Gasteiger partial charge in [0.1, 0.15) is 5.82 Å². The summed E-state index contributed by atoms with van der Waals surface area (Å²) in [5, 5.41) is 7.41. The molecule has 3 heterocycles. The highest BCUT2D eigenvalue weighted by atomic mass is 32.1. The van der Waals surface area contributed by atoms with Crippen molar-refractivity contribution < 1.29 is 0 Å². The molecule has 0 bridgehead atoms. The van der Waals surface area contributed by atoms with Gasteiger partial charge in [-0.25, -0.2) is 9.97 Å². The monoisotopic (exact) mass is 603 g/mol. The molecule has 0 unspecified atom stereocenters. The first-order valence-corrected chi connectivity index (χ1v) is 16.3. The van der Waals surface area contributed by atoms with Crippen LogP contribution in [0.4, 0.5) is 17.2 Å². The maximum Gasteiger partial charge on any atom is 0.162 e. The minimum Gasteiger partial charge on any atom is -0.292 e. The predicted molar refractivity (Wildman–Crippen MR) is 194 cm³/mol. The highest BCUT2D eigenvalue weighted by molar-refractivity contribution is 7.26. The lowest BCUT2D eigenvalue weighted by atomic mass is 9.90. The molecule has 0 radical (unpaired) electrons. The number of benzene rings is 7. The molecule has 0 saturated carbocycles. The first kappa shape index (κ1) is 25.5. The second-order valence-corrected chi connectivity index (χ2v) is 12.8. The highest BCUT2D eigenvalue weighted by Crippen LogP contribution is 2.55. The van der Waals surface area contributed by atoms with Crippen LogP contribution in [0.5, 0.6) is 0 Å². The molecule has 214 valence electrons. The van der Waals surface area contributed by atoms with Crippen LogP contribution >= 0.6 is 11.3 Å². The van der Waals surface area contributed by atoms with Gasteiger partial charge in [0, 0.05) is 43.6 Å². The average molecular weight is 604 g/mol. The summed E-state index contributed by atoms with van der Waals surface area (Å²) in [5.74, 6) is 1.56. The van der Waals surface area contributed by atoms with Crippen LogP contribution < -0.4 is 4.90 Å². The summed E-state index contributed by atoms with van der Waals surface area (Å²) in [6.07, 6.45) is 0. The number of anilines is 3. The molecule has 10 rings (SSSR count). The summed E-state index contributed by atoms with van der Waals surface area (Å²) in [7, 11) is 0. The molecule has 9 aromatic rings. The lowest BCUT2D eigenvalue weighted by Gasteiger charge is -2.33. The van der Waals surface area contributed by atoms with E-state index < -0.39 is 0 Å². The Hall–Kier alpha value is -5.84. The van der Waals surface area contributed by atoms with Gasteiger partial charge in [-0.1, -0.05) is 127 Å². The van der Waals surface area contributed by atoms with Crippen LogP contribution in [0.25, 0.3) is 75.5 Å². The minimum absolute atomic E-state index is 0.706. The minimum atomic E-state index is 0.706. The van der Waals surface area contributed by atoms with Gasteiger partial charge in [0.05, 0.1) is 21.8 Å². The molecule has 4 heteroatoms. The van der Waals surface area contributed by atoms with Crippen LogP contribution in [0, 0.1) is 0 Å². The fraction of sp³-hybridized carbons (Fsp3) is 0. The Bertz CT molecular complexity index is 2650. The zero-order valence-corrected chi connectivity index (χ0v) is 25.5. The fourth-order valence-corrected chi connectivity index (χ4v) is 8.38. The number of rotatable bonds is 3. The van der Waals surface area contributed by atoms with E-state index in [1.165, 1.54) is 58.5 Å². The topological polar surface area (TPSA) is 29.0 Å². The molecule has 0 atom stereocenters. The van der Waals surface area contributed by atoms with E-state index in [0.29, 0.717) is 5.82 Å². The molecule has 0 N–H and O–H groups in total. The zero-order valence-electron chi connectivity index (χ0n) is 24.7. The van der Waals surface area contributed by atoms with Gasteiger partial charge < -0.3 is 0 Å². The second-order valence-electron chi connectivity index (χ2n) is 11.8. The Morgan fingerprint density at radius 2 is 1.20 bits per heavy atom. The van der Waals surface area contributed by atoms with Crippen molar-refractivity contribution in [2.45, 2.75) is 0 Å². The normalized spacial score (nSPS) is 12.3. The molecule has 0 saturated heterocycles. The molecule has 0 amide bonds. The second kappa shape index (κ2) is 9.83. The molecule has 0 aliphatic carbocycles. The van der Waals surface area contributed by atoms with Crippen LogP contribution in [0.2, 0.25) is 0 Å². The fourth-order valence-electron chi connectivity index (χ4n) is 7.15. The van der Waals surface area contributed by atoms with Gasteiger partial charge in [-0.05, 0) is 39.9 Å². The molecular formula is C42H25N3S. The van der Waals surface area contributed by atoms with Crippen LogP contribution in [0.15, 0.2) is 152 Å². The Morgan fingerprint density at radius 1 is 0.500 bits per heavy atom. The van der Waals surface area contributed by atoms with Crippen molar-refractivity contribution in [2.75, 3.05) is 4.90 Å². The maximum atomic E-state index is 5.37. The summed E-state index contributed by atoms with van der Waals surface area (Å²) in [6, 6.07) is 54.0. The maximum absolute atomic E-state index is 5.37. The van der Waals surface area contributed by atoms with Gasteiger partial charge in [-0.15, -0.1) is 11.3 Å². The van der Waals surface area contributed by atoms with Crippen LogP contribution in [0.3, 0.4) is 0 Å². The number of hydrogen-bond donors (Lipinski definition) is 0. The smallest absolute Gasteiger partial charge is 0.162 e. The molecule has 3 nitrogen and oxygen atoms in total. The van der Waals surface area contributed by atoms with Gasteiger partial charge in [0.2, 0.25) is 0 Å². The van der Waals surface area contributed by atoms with Crippen molar-refractivity contribution in [1.82, 2.24) is 9.97 Å². The lowest BCUT2D eigenvalue weighted by molar-refractivity contribution is 1.13. The number of hydrogen-bond acceptors (Lipinski definition) is 4. The first-order chi connectivity index (χ1) is 22.8. The quantitative estimate of drug-likeness (QED) is 0.201. The third kappa shape index (κ3) is 3.71. The summed E-state index contributed by atoms with van der Waals surface area (Å²) in [4.78, 5) is 13.0. The Morgan fingerprint density at radius 3 is 2.11 bits per heavy atom. The number of fused-ring (bicyclic) bond motifs is 7. The van der Waals surface area contributed by atoms with E-state index in [2.05, 4.69) is 150 Å². The summed E-state index contributed by atoms with van der Waals surface area (Å²) >= 11 is 1.86. The largest absolute Gasteiger partial charge is 0.292 e. The predicted octanol–water partition coefficient (Wildman–Crippen LogP) is 11.9. The summed E-state index contributed by atoms with van der Waals surface area (Å²) in [6.45, 7) is 0. The van der Waals surface area contributed by atoms with Crippen LogP contribution in [-0.2, 0) is 0 Å². The molecule has 1 aliphatic heterocycles. The molecule has 46 heavy (non-hydrogen) atoms. The van der Waals surface area contributed by atoms with E-state index in [-0.39, 0.29) is 0 Å². The Labute approximate surface area is 269 Å². The first-order valence-electron chi connectivity index (χ1n) is 15.5. The molecule has 2 aromatic heterocycles. The van der Waals surface area contributed by atoms with Gasteiger partial charge in [-0.2, -0.15) is 0 Å². The van der Waals surface area contributed by atoms with Crippen molar-refractivity contribution in [2.24, 2.45) is 0 Å². The van der Waals surface area contributed by atoms with Crippen molar-refractivity contribution in [3.8, 4) is 33.8 Å². The standard InChI is InChI=1S/C42H25N3S/c1-2-13-27(14-3-1)42-43-35(30-20-10-15-26-12-4-5-17-29(26)30)25-38(44-42)45-36-22-8-6-18-31(36)33-21-11-16-28-24-34-32-19-7-9-23-37(32)46-41(34)40(45)39(28)33/h1-25H. The molecule has 0 spiro atoms. The molecular weight excluding hydrogens is 579 g/mol. The van der Waals surface area contributed by atoms with E-state index in [1.54, 1.807) is 0 Å². The van der Waals surface area contributed by atoms with Gasteiger partial charge in [-0.3, -0.25) is 4.90 Å². The zero-order chi connectivity index (χ0) is 30.2. The third-order valence-corrected chi connectivity index (χ3v) is 10.4. The van der Waals surface area contributed by atoms with Crippen molar-refractivity contribution in [3.63, 3.8) is 0 Å². The SMILES string of the molecule is c1ccc(-c2nc(-c3cccc4ccccc34)cc(N3c4ccccc4-c4cccc5cc6c(sc7ccccc76)c3c45)n2)cc1. The van der Waals surface area contributed by atoms with E-state index in [9.17, 15) is 0 Å². The number of aromatic nitrogens is 2. The Kier molecular flexibility index (Phi) is 5.45. The van der Waals surface area contributed by atoms with Crippen molar-refractivity contribution >= 4 is 70.2 Å². The lowest BCUT2D eigenvalue weighted by Crippen LogP contribution is -2.17. The van der Waals surface area contributed by atoms with E-state index in [0.717, 1.165) is 28.3 Å². The van der Waals surface area contributed by atoms with E-state index >= 15 is 0 Å². The summed E-state index contributed by atoms with van der Waals surface area (Å²) in [5.41, 5.74) is 7.74. The van der Waals surface area contributed by atoms with Crippen LogP contribution in [-0.4, -0.2) is 9.97 Å². The van der Waals surface area contributed by atoms with Crippen molar-refractivity contribution in [3.05, 3.63) is 152 Å². The third-order valence-electron chi connectivity index (χ3n) is 9.18. The molecule has 0 fully saturated rings. The average Bonchev–Trinajstić information content (AvgIpc) is 3.50. The summed E-state index contributed by atoms with van der Waals surface area (Å²) < 4.78 is 2.55. The van der Waals surface area contributed by atoms with Crippen LogP contribution in [0.1, 0.15) is 0 Å². The molecule has 1 aliphatic rings. The number of thiophene rings is 1. The van der Waals surface area contributed by atoms with Gasteiger partial charge >= 0.3 is 0 Å². The van der Waals surface area contributed by atoms with E-state index in [4.69, 9.17) is 9.97 Å². The van der Waals surface area contributed by atoms with Gasteiger partial charge in [0.25, 0.3) is 0 Å². The molecule has 7 aromatic carbocycles. The number of nitrogens with zero attached hydrogens (tertiary/aromatic N) is 3. The van der Waals surface area contributed by atoms with Gasteiger partial charge in [0.15, 0.2) is 5.82 Å². The van der Waals surface area contributed by atoms with Crippen molar-refractivity contribution in [1.29, 1.82) is 0 Å². The highest BCUT2D eigenvalue weighted by Gasteiger charge is 2.30. The Balaban J connectivity index is 1.35. The van der Waals surface area contributed by atoms with E-state index in [1.807, 2.05) is 17.4 Å². The number of para-hydroxylation sites is 1.